The van der Waals surface area contributed by atoms with Crippen molar-refractivity contribution < 1.29 is 14.3 Å². The molecule has 0 saturated heterocycles. The second-order valence-corrected chi connectivity index (χ2v) is 7.16. The van der Waals surface area contributed by atoms with Crippen molar-refractivity contribution in [2.45, 2.75) is 19.4 Å². The van der Waals surface area contributed by atoms with E-state index in [4.69, 9.17) is 15.2 Å². The molecule has 0 bridgehead atoms. The standard InChI is InChI=1S/C24H22N2O4/c1-15-13-18-20(23(27)26(15)14-16-9-5-3-6-10-16)19(17-11-7-4-8-12-17)21(22(25)30-18)24(28)29-2/h3-13,19H,14,25H2,1-2H3/t19-/m1/s1. The Morgan fingerprint density at radius 3 is 2.37 bits per heavy atom. The number of pyridine rings is 1. The van der Waals surface area contributed by atoms with Gasteiger partial charge in [-0.1, -0.05) is 60.7 Å². The lowest BCUT2D eigenvalue weighted by atomic mass is 9.83. The van der Waals surface area contributed by atoms with E-state index in [2.05, 4.69) is 0 Å². The number of methoxy groups -OCH3 is 1. The maximum atomic E-state index is 13.7. The molecule has 0 amide bonds. The van der Waals surface area contributed by atoms with E-state index in [0.717, 1.165) is 16.8 Å². The highest BCUT2D eigenvalue weighted by molar-refractivity contribution is 5.92. The largest absolute Gasteiger partial charge is 0.465 e. The quantitative estimate of drug-likeness (QED) is 0.678. The summed E-state index contributed by atoms with van der Waals surface area (Å²) in [7, 11) is 1.28. The van der Waals surface area contributed by atoms with Crippen molar-refractivity contribution in [3.05, 3.63) is 111 Å². The third-order valence-electron chi connectivity index (χ3n) is 5.29. The zero-order valence-corrected chi connectivity index (χ0v) is 16.8. The van der Waals surface area contributed by atoms with E-state index in [1.165, 1.54) is 7.11 Å². The molecule has 4 rings (SSSR count). The molecule has 1 aliphatic rings. The summed E-state index contributed by atoms with van der Waals surface area (Å²) >= 11 is 0. The van der Waals surface area contributed by atoms with Gasteiger partial charge in [0, 0.05) is 11.8 Å². The second-order valence-electron chi connectivity index (χ2n) is 7.16. The van der Waals surface area contributed by atoms with E-state index in [1.807, 2.05) is 67.6 Å². The topological polar surface area (TPSA) is 83.5 Å². The molecule has 1 aromatic heterocycles. The molecule has 2 heterocycles. The molecule has 0 fully saturated rings. The first-order valence-corrected chi connectivity index (χ1v) is 9.60. The lowest BCUT2D eigenvalue weighted by molar-refractivity contribution is -0.136. The molecular weight excluding hydrogens is 380 g/mol. The first kappa shape index (κ1) is 19.5. The fourth-order valence-corrected chi connectivity index (χ4v) is 3.84. The number of fused-ring (bicyclic) bond motifs is 1. The highest BCUT2D eigenvalue weighted by atomic mass is 16.5. The zero-order chi connectivity index (χ0) is 21.3. The van der Waals surface area contributed by atoms with Crippen LogP contribution in [0.2, 0.25) is 0 Å². The number of nitrogens with zero attached hydrogens (tertiary/aromatic N) is 1. The molecule has 6 nitrogen and oxygen atoms in total. The molecule has 0 radical (unpaired) electrons. The normalized spacial score (nSPS) is 15.3. The van der Waals surface area contributed by atoms with Crippen molar-refractivity contribution in [2.24, 2.45) is 5.73 Å². The van der Waals surface area contributed by atoms with Gasteiger partial charge in [0.05, 0.1) is 25.1 Å². The molecule has 2 N–H and O–H groups in total. The molecule has 2 aromatic carbocycles. The van der Waals surface area contributed by atoms with Crippen molar-refractivity contribution in [1.82, 2.24) is 4.57 Å². The molecule has 30 heavy (non-hydrogen) atoms. The molecular formula is C24H22N2O4. The van der Waals surface area contributed by atoms with Gasteiger partial charge >= 0.3 is 5.97 Å². The summed E-state index contributed by atoms with van der Waals surface area (Å²) in [6, 6.07) is 20.8. The van der Waals surface area contributed by atoms with E-state index in [1.54, 1.807) is 10.6 Å². The average Bonchev–Trinajstić information content (AvgIpc) is 2.76. The molecule has 3 aromatic rings. The van der Waals surface area contributed by atoms with Gasteiger partial charge in [-0.2, -0.15) is 0 Å². The van der Waals surface area contributed by atoms with Crippen molar-refractivity contribution in [1.29, 1.82) is 0 Å². The highest BCUT2D eigenvalue weighted by Gasteiger charge is 2.38. The minimum atomic E-state index is -0.683. The smallest absolute Gasteiger partial charge is 0.340 e. The number of benzene rings is 2. The van der Waals surface area contributed by atoms with Gasteiger partial charge in [0.25, 0.3) is 5.56 Å². The van der Waals surface area contributed by atoms with Crippen LogP contribution in [-0.2, 0) is 16.1 Å². The molecule has 152 valence electrons. The van der Waals surface area contributed by atoms with Crippen molar-refractivity contribution >= 4 is 5.97 Å². The number of hydrogen-bond donors (Lipinski definition) is 1. The van der Waals surface area contributed by atoms with E-state index in [9.17, 15) is 9.59 Å². The van der Waals surface area contributed by atoms with E-state index >= 15 is 0 Å². The van der Waals surface area contributed by atoms with Gasteiger partial charge in [0.1, 0.15) is 11.3 Å². The number of ether oxygens (including phenoxy) is 2. The summed E-state index contributed by atoms with van der Waals surface area (Å²) < 4.78 is 12.4. The van der Waals surface area contributed by atoms with Gasteiger partial charge in [-0.05, 0) is 18.1 Å². The minimum Gasteiger partial charge on any atom is -0.465 e. The lowest BCUT2D eigenvalue weighted by Crippen LogP contribution is -2.35. The van der Waals surface area contributed by atoms with E-state index in [0.29, 0.717) is 17.9 Å². The summed E-state index contributed by atoms with van der Waals surface area (Å²) in [6.45, 7) is 2.26. The monoisotopic (exact) mass is 402 g/mol. The molecule has 0 aliphatic carbocycles. The molecule has 1 aliphatic heterocycles. The molecule has 0 spiro atoms. The Hall–Kier alpha value is -3.80. The fraction of sp³-hybridized carbons (Fsp3) is 0.167. The Bertz CT molecular complexity index is 1180. The molecule has 0 unspecified atom stereocenters. The summed E-state index contributed by atoms with van der Waals surface area (Å²) in [6.07, 6.45) is 0. The summed E-state index contributed by atoms with van der Waals surface area (Å²) in [5.41, 5.74) is 8.88. The van der Waals surface area contributed by atoms with Crippen molar-refractivity contribution in [3.8, 4) is 5.75 Å². The number of esters is 1. The van der Waals surface area contributed by atoms with Crippen LogP contribution in [0.25, 0.3) is 0 Å². The van der Waals surface area contributed by atoms with Crippen LogP contribution in [0.3, 0.4) is 0 Å². The predicted molar refractivity (Wildman–Crippen MR) is 113 cm³/mol. The Kier molecular flexibility index (Phi) is 5.14. The van der Waals surface area contributed by atoms with E-state index in [-0.39, 0.29) is 17.0 Å². The van der Waals surface area contributed by atoms with Crippen molar-refractivity contribution in [2.75, 3.05) is 7.11 Å². The van der Waals surface area contributed by atoms with Crippen LogP contribution in [0.1, 0.15) is 28.3 Å². The first-order chi connectivity index (χ1) is 14.5. The number of nitrogens with two attached hydrogens (primary N) is 1. The molecule has 1 atom stereocenters. The third-order valence-corrected chi connectivity index (χ3v) is 5.29. The maximum Gasteiger partial charge on any atom is 0.340 e. The Morgan fingerprint density at radius 1 is 1.10 bits per heavy atom. The van der Waals surface area contributed by atoms with Gasteiger partial charge in [0.2, 0.25) is 5.88 Å². The van der Waals surface area contributed by atoms with Crippen LogP contribution >= 0.6 is 0 Å². The number of carbonyl (C=O) groups is 1. The number of aromatic nitrogens is 1. The van der Waals surface area contributed by atoms with Crippen LogP contribution in [0.15, 0.2) is 83.0 Å². The number of carbonyl (C=O) groups excluding carboxylic acids is 1. The SMILES string of the molecule is COC(=O)C1=C(N)Oc2cc(C)n(Cc3ccccc3)c(=O)c2[C@H]1c1ccccc1. The van der Waals surface area contributed by atoms with Crippen LogP contribution in [0.4, 0.5) is 0 Å². The Balaban J connectivity index is 1.94. The van der Waals surface area contributed by atoms with Crippen LogP contribution in [0, 0.1) is 6.92 Å². The highest BCUT2D eigenvalue weighted by Crippen LogP contribution is 2.41. The molecule has 0 saturated carbocycles. The lowest BCUT2D eigenvalue weighted by Gasteiger charge is -2.29. The number of aryl methyl sites for hydroxylation is 1. The zero-order valence-electron chi connectivity index (χ0n) is 16.8. The van der Waals surface area contributed by atoms with Gasteiger partial charge in [-0.25, -0.2) is 4.79 Å². The Morgan fingerprint density at radius 2 is 1.73 bits per heavy atom. The van der Waals surface area contributed by atoms with Crippen LogP contribution in [0.5, 0.6) is 5.75 Å². The van der Waals surface area contributed by atoms with Gasteiger partial charge in [-0.15, -0.1) is 0 Å². The second kappa shape index (κ2) is 7.91. The minimum absolute atomic E-state index is 0.0530. The Labute approximate surface area is 174 Å². The average molecular weight is 402 g/mol. The number of rotatable bonds is 4. The summed E-state index contributed by atoms with van der Waals surface area (Å²) in [5.74, 6) is -0.997. The first-order valence-electron chi connectivity index (χ1n) is 9.60. The third kappa shape index (κ3) is 3.37. The van der Waals surface area contributed by atoms with Gasteiger partial charge in [-0.3, -0.25) is 4.79 Å². The van der Waals surface area contributed by atoms with Gasteiger partial charge in [0.15, 0.2) is 0 Å². The van der Waals surface area contributed by atoms with Crippen LogP contribution in [-0.4, -0.2) is 17.6 Å². The predicted octanol–water partition coefficient (Wildman–Crippen LogP) is 3.07. The summed E-state index contributed by atoms with van der Waals surface area (Å²) in [4.78, 5) is 26.2. The number of hydrogen-bond acceptors (Lipinski definition) is 5. The van der Waals surface area contributed by atoms with Crippen LogP contribution < -0.4 is 16.0 Å². The fourth-order valence-electron chi connectivity index (χ4n) is 3.84. The summed E-state index contributed by atoms with van der Waals surface area (Å²) in [5, 5.41) is 0. The van der Waals surface area contributed by atoms with E-state index < -0.39 is 11.9 Å². The maximum absolute atomic E-state index is 13.7. The molecule has 6 heteroatoms. The van der Waals surface area contributed by atoms with Gasteiger partial charge < -0.3 is 19.8 Å². The van der Waals surface area contributed by atoms with Crippen molar-refractivity contribution in [3.63, 3.8) is 0 Å².